The number of rotatable bonds is 5. The van der Waals surface area contributed by atoms with Crippen LogP contribution in [-0.2, 0) is 23.1 Å². The number of carbonyl (C=O) groups is 1. The van der Waals surface area contributed by atoms with Gasteiger partial charge in [-0.15, -0.1) is 0 Å². The Bertz CT molecular complexity index is 1430. The van der Waals surface area contributed by atoms with Crippen LogP contribution in [0.25, 0.3) is 10.9 Å². The molecular weight excluding hydrogens is 466 g/mol. The zero-order valence-electron chi connectivity index (χ0n) is 20.9. The summed E-state index contributed by atoms with van der Waals surface area (Å²) in [5, 5.41) is 27.7. The van der Waals surface area contributed by atoms with Gasteiger partial charge in [-0.25, -0.2) is 0 Å². The summed E-state index contributed by atoms with van der Waals surface area (Å²) in [5.41, 5.74) is 2.62. The highest BCUT2D eigenvalue weighted by molar-refractivity contribution is 5.89. The van der Waals surface area contributed by atoms with Gasteiger partial charge in [0.15, 0.2) is 11.5 Å². The van der Waals surface area contributed by atoms with E-state index < -0.39 is 17.1 Å². The Kier molecular flexibility index (Phi) is 4.47. The molecule has 2 aliphatic heterocycles. The third-order valence-electron chi connectivity index (χ3n) is 10.1. The van der Waals surface area contributed by atoms with Crippen LogP contribution in [0.4, 0.5) is 0 Å². The number of aromatic nitrogens is 1. The number of para-hydroxylation sites is 1. The number of ether oxygens (including phenoxy) is 1. The number of piperidine rings is 1. The minimum absolute atomic E-state index is 0.0406. The van der Waals surface area contributed by atoms with Gasteiger partial charge in [-0.3, -0.25) is 9.69 Å². The molecule has 0 unspecified atom stereocenters. The van der Waals surface area contributed by atoms with E-state index in [1.807, 2.05) is 36.5 Å². The number of carbonyl (C=O) groups excluding carboxylic acids is 1. The van der Waals surface area contributed by atoms with Gasteiger partial charge in [0.25, 0.3) is 0 Å². The lowest BCUT2D eigenvalue weighted by molar-refractivity contribution is -0.192. The molecule has 5 atom stereocenters. The Morgan fingerprint density at radius 3 is 2.89 bits per heavy atom. The number of amides is 1. The van der Waals surface area contributed by atoms with Crippen molar-refractivity contribution in [2.24, 2.45) is 5.92 Å². The first-order valence-electron chi connectivity index (χ1n) is 13.8. The normalized spacial score (nSPS) is 33.7. The van der Waals surface area contributed by atoms with Crippen molar-refractivity contribution in [1.82, 2.24) is 15.2 Å². The lowest BCUT2D eigenvalue weighted by Gasteiger charge is -2.64. The van der Waals surface area contributed by atoms with Crippen LogP contribution in [0.3, 0.4) is 0 Å². The van der Waals surface area contributed by atoms with E-state index in [-0.39, 0.29) is 30.2 Å². The van der Waals surface area contributed by atoms with Crippen LogP contribution < -0.4 is 10.1 Å². The van der Waals surface area contributed by atoms with Crippen molar-refractivity contribution in [3.05, 3.63) is 59.3 Å². The minimum atomic E-state index is -0.936. The highest BCUT2D eigenvalue weighted by Gasteiger charge is 2.73. The van der Waals surface area contributed by atoms with Crippen molar-refractivity contribution in [3.8, 4) is 11.5 Å². The number of hydrogen-bond acceptors (Lipinski definition) is 5. The first kappa shape index (κ1) is 22.0. The van der Waals surface area contributed by atoms with Gasteiger partial charge in [0.1, 0.15) is 6.10 Å². The standard InChI is InChI=1S/C30H33N3O4/c34-23-8-7-18-13-24-30(36)10-9-22(32-25(35)14-19-15-31-21-4-2-1-3-20(19)21)28-29(30,26(18)27(23)37-28)11-12-33(24)16-17-5-6-17/h1-4,7-8,15,17,22,24,28,31,34,36H,5-6,9-14,16H2,(H,32,35)/t22-,24+,28-,29-,30+/m0/s1. The number of fused-ring (bicyclic) bond motifs is 1. The molecule has 0 radical (unpaired) electrons. The maximum Gasteiger partial charge on any atom is 0.224 e. The number of benzene rings is 2. The quantitative estimate of drug-likeness (QED) is 0.432. The topological polar surface area (TPSA) is 97.8 Å². The van der Waals surface area contributed by atoms with Crippen molar-refractivity contribution in [3.63, 3.8) is 0 Å². The van der Waals surface area contributed by atoms with Crippen molar-refractivity contribution < 1.29 is 19.7 Å². The molecule has 37 heavy (non-hydrogen) atoms. The van der Waals surface area contributed by atoms with E-state index in [2.05, 4.69) is 15.2 Å². The van der Waals surface area contributed by atoms with Crippen LogP contribution >= 0.6 is 0 Å². The van der Waals surface area contributed by atoms with E-state index in [0.29, 0.717) is 18.6 Å². The lowest BCUT2D eigenvalue weighted by atomic mass is 9.48. The number of nitrogens with zero attached hydrogens (tertiary/aromatic N) is 1. The van der Waals surface area contributed by atoms with Gasteiger partial charge in [0.05, 0.1) is 23.5 Å². The van der Waals surface area contributed by atoms with E-state index in [0.717, 1.165) is 53.9 Å². The van der Waals surface area contributed by atoms with Crippen molar-refractivity contribution in [2.75, 3.05) is 13.1 Å². The minimum Gasteiger partial charge on any atom is -0.504 e. The molecule has 7 nitrogen and oxygen atoms in total. The Hall–Kier alpha value is -3.03. The molecule has 4 N–H and O–H groups in total. The summed E-state index contributed by atoms with van der Waals surface area (Å²) in [7, 11) is 0. The predicted octanol–water partition coefficient (Wildman–Crippen LogP) is 3.17. The Labute approximate surface area is 215 Å². The first-order chi connectivity index (χ1) is 18.0. The highest BCUT2D eigenvalue weighted by atomic mass is 16.5. The summed E-state index contributed by atoms with van der Waals surface area (Å²) in [4.78, 5) is 19.1. The molecule has 1 aromatic heterocycles. The molecule has 7 heteroatoms. The molecule has 192 valence electrons. The van der Waals surface area contributed by atoms with Crippen LogP contribution in [0, 0.1) is 5.92 Å². The van der Waals surface area contributed by atoms with E-state index >= 15 is 0 Å². The van der Waals surface area contributed by atoms with Gasteiger partial charge in [-0.05, 0) is 74.2 Å². The number of phenolic OH excluding ortho intramolecular Hbond substituents is 1. The Morgan fingerprint density at radius 1 is 1.16 bits per heavy atom. The fourth-order valence-electron chi connectivity index (χ4n) is 8.34. The maximum atomic E-state index is 13.3. The van der Waals surface area contributed by atoms with E-state index in [9.17, 15) is 15.0 Å². The Balaban J connectivity index is 1.14. The van der Waals surface area contributed by atoms with Gasteiger partial charge < -0.3 is 25.3 Å². The summed E-state index contributed by atoms with van der Waals surface area (Å²) < 4.78 is 6.57. The number of H-pyrrole nitrogens is 1. The Morgan fingerprint density at radius 2 is 2.03 bits per heavy atom. The number of nitrogens with one attached hydrogen (secondary N) is 2. The maximum absolute atomic E-state index is 13.3. The van der Waals surface area contributed by atoms with Crippen LogP contribution in [0.15, 0.2) is 42.6 Å². The van der Waals surface area contributed by atoms with Gasteiger partial charge >= 0.3 is 0 Å². The number of aromatic amines is 1. The second kappa shape index (κ2) is 7.51. The van der Waals surface area contributed by atoms with Gasteiger partial charge in [-0.1, -0.05) is 24.3 Å². The molecule has 3 heterocycles. The van der Waals surface area contributed by atoms with Crippen molar-refractivity contribution >= 4 is 16.8 Å². The number of likely N-dealkylation sites (tertiary alicyclic amines) is 1. The summed E-state index contributed by atoms with van der Waals surface area (Å²) in [6, 6.07) is 11.6. The molecule has 3 fully saturated rings. The molecule has 1 spiro atoms. The van der Waals surface area contributed by atoms with Gasteiger partial charge in [0, 0.05) is 35.2 Å². The van der Waals surface area contributed by atoms with Gasteiger partial charge in [-0.2, -0.15) is 0 Å². The molecule has 5 aliphatic rings. The monoisotopic (exact) mass is 499 g/mol. The molecule has 1 saturated heterocycles. The average Bonchev–Trinajstić information content (AvgIpc) is 3.50. The molecule has 1 amide bonds. The zero-order chi connectivity index (χ0) is 24.9. The smallest absolute Gasteiger partial charge is 0.224 e. The van der Waals surface area contributed by atoms with Crippen LogP contribution in [-0.4, -0.2) is 62.9 Å². The fraction of sp³-hybridized carbons (Fsp3) is 0.500. The van der Waals surface area contributed by atoms with E-state index in [1.165, 1.54) is 18.4 Å². The molecule has 2 aromatic carbocycles. The van der Waals surface area contributed by atoms with Crippen LogP contribution in [0.2, 0.25) is 0 Å². The van der Waals surface area contributed by atoms with Crippen molar-refractivity contribution in [2.45, 2.75) is 74.1 Å². The number of hydrogen-bond donors (Lipinski definition) is 4. The molecule has 2 bridgehead atoms. The molecule has 2 saturated carbocycles. The summed E-state index contributed by atoms with van der Waals surface area (Å²) in [5.74, 6) is 1.37. The first-order valence-corrected chi connectivity index (χ1v) is 13.8. The highest BCUT2D eigenvalue weighted by Crippen LogP contribution is 2.65. The van der Waals surface area contributed by atoms with E-state index in [4.69, 9.17) is 4.74 Å². The number of aromatic hydroxyl groups is 1. The molecule has 3 aliphatic carbocycles. The molecular formula is C30H33N3O4. The summed E-state index contributed by atoms with van der Waals surface area (Å²) >= 11 is 0. The zero-order valence-corrected chi connectivity index (χ0v) is 20.9. The molecule has 3 aromatic rings. The van der Waals surface area contributed by atoms with Crippen LogP contribution in [0.5, 0.6) is 11.5 Å². The summed E-state index contributed by atoms with van der Waals surface area (Å²) in [6.45, 7) is 1.97. The molecule has 8 rings (SSSR count). The predicted molar refractivity (Wildman–Crippen MR) is 139 cm³/mol. The number of aliphatic hydroxyl groups is 1. The van der Waals surface area contributed by atoms with E-state index in [1.54, 1.807) is 6.07 Å². The lowest BCUT2D eigenvalue weighted by Crippen LogP contribution is -2.78. The second-order valence-electron chi connectivity index (χ2n) is 12.0. The van der Waals surface area contributed by atoms with Crippen LogP contribution in [0.1, 0.15) is 48.8 Å². The van der Waals surface area contributed by atoms with Crippen molar-refractivity contribution in [1.29, 1.82) is 0 Å². The number of phenols is 1. The fourth-order valence-corrected chi connectivity index (χ4v) is 8.34. The van der Waals surface area contributed by atoms with Gasteiger partial charge in [0.2, 0.25) is 5.91 Å². The summed E-state index contributed by atoms with van der Waals surface area (Å²) in [6.07, 6.45) is 7.20. The third kappa shape index (κ3) is 2.93. The third-order valence-corrected chi connectivity index (χ3v) is 10.1. The second-order valence-corrected chi connectivity index (χ2v) is 12.0. The largest absolute Gasteiger partial charge is 0.504 e. The SMILES string of the molecule is O=C(Cc1c[nH]c2ccccc12)N[C@H]1CC[C@@]2(O)[C@H]3Cc4ccc(O)c5c4[C@@]2(CCN3CC2CC2)[C@H]1O5. The average molecular weight is 500 g/mol.